The van der Waals surface area contributed by atoms with Crippen LogP contribution in [0.2, 0.25) is 5.02 Å². The minimum Gasteiger partial charge on any atom is -0.444 e. The quantitative estimate of drug-likeness (QED) is 0.501. The first-order valence-electron chi connectivity index (χ1n) is 11.2. The Labute approximate surface area is 203 Å². The Hall–Kier alpha value is -2.67. The smallest absolute Gasteiger partial charge is 0.410 e. The molecule has 34 heavy (non-hydrogen) atoms. The standard InChI is InChI=1S/C26H29ClF2N2O3/c1-16-10-20(11-17(2)22(16)27)26(13-28)12-21(30-34-26)18-6-8-19(9-7-18)25(29)14-31(15-25)23(32)33-24(3,4)5/h6-11H,12-15H2,1-5H3. The van der Waals surface area contributed by atoms with Gasteiger partial charge in [-0.3, -0.25) is 0 Å². The largest absolute Gasteiger partial charge is 0.444 e. The third kappa shape index (κ3) is 4.50. The molecule has 0 radical (unpaired) electrons. The van der Waals surface area contributed by atoms with Gasteiger partial charge in [0, 0.05) is 17.0 Å². The summed E-state index contributed by atoms with van der Waals surface area (Å²) in [6.07, 6.45) is -0.276. The zero-order valence-corrected chi connectivity index (χ0v) is 20.8. The van der Waals surface area contributed by atoms with Gasteiger partial charge in [-0.1, -0.05) is 53.2 Å². The molecule has 8 heteroatoms. The predicted octanol–water partition coefficient (Wildman–Crippen LogP) is 6.36. The minimum absolute atomic E-state index is 0.0639. The fraction of sp³-hybridized carbons (Fsp3) is 0.462. The number of alkyl halides is 2. The van der Waals surface area contributed by atoms with E-state index in [-0.39, 0.29) is 19.5 Å². The van der Waals surface area contributed by atoms with E-state index in [0.29, 0.717) is 21.9 Å². The lowest BCUT2D eigenvalue weighted by Gasteiger charge is -2.44. The van der Waals surface area contributed by atoms with Crippen LogP contribution in [0.1, 0.15) is 55.0 Å². The Balaban J connectivity index is 1.46. The number of carbonyl (C=O) groups is 1. The molecule has 1 amide bonds. The van der Waals surface area contributed by atoms with Crippen molar-refractivity contribution in [3.8, 4) is 0 Å². The van der Waals surface area contributed by atoms with Crippen molar-refractivity contribution in [2.45, 2.75) is 57.9 Å². The summed E-state index contributed by atoms with van der Waals surface area (Å²) in [6.45, 7) is 8.19. The summed E-state index contributed by atoms with van der Waals surface area (Å²) in [5.41, 5.74) is 0.692. The van der Waals surface area contributed by atoms with Crippen LogP contribution in [0.3, 0.4) is 0 Å². The molecule has 0 spiro atoms. The molecule has 4 rings (SSSR count). The van der Waals surface area contributed by atoms with Gasteiger partial charge in [0.15, 0.2) is 11.3 Å². The summed E-state index contributed by atoms with van der Waals surface area (Å²) in [7, 11) is 0. The number of nitrogens with zero attached hydrogens (tertiary/aromatic N) is 2. The number of oxime groups is 1. The van der Waals surface area contributed by atoms with Crippen LogP contribution in [-0.2, 0) is 20.8 Å². The van der Waals surface area contributed by atoms with Crippen molar-refractivity contribution >= 4 is 23.4 Å². The van der Waals surface area contributed by atoms with Crippen molar-refractivity contribution in [3.05, 3.63) is 69.2 Å². The zero-order chi connectivity index (χ0) is 24.9. The normalized spacial score (nSPS) is 21.5. The van der Waals surface area contributed by atoms with Gasteiger partial charge < -0.3 is 14.5 Å². The van der Waals surface area contributed by atoms with Crippen LogP contribution in [0.4, 0.5) is 13.6 Å². The molecule has 2 aromatic rings. The number of carbonyl (C=O) groups excluding carboxylic acids is 1. The zero-order valence-electron chi connectivity index (χ0n) is 20.0. The fourth-order valence-corrected chi connectivity index (χ4v) is 4.41. The number of likely N-dealkylation sites (tertiary alicyclic amines) is 1. The second-order valence-electron chi connectivity index (χ2n) is 10.2. The predicted molar refractivity (Wildman–Crippen MR) is 128 cm³/mol. The van der Waals surface area contributed by atoms with E-state index in [2.05, 4.69) is 5.16 Å². The van der Waals surface area contributed by atoms with E-state index in [1.165, 1.54) is 4.90 Å². The van der Waals surface area contributed by atoms with Crippen molar-refractivity contribution in [2.24, 2.45) is 5.16 Å². The van der Waals surface area contributed by atoms with E-state index < -0.39 is 29.6 Å². The van der Waals surface area contributed by atoms with Crippen molar-refractivity contribution in [2.75, 3.05) is 19.8 Å². The van der Waals surface area contributed by atoms with Crippen LogP contribution >= 0.6 is 11.6 Å². The van der Waals surface area contributed by atoms with E-state index in [4.69, 9.17) is 21.2 Å². The molecule has 182 valence electrons. The van der Waals surface area contributed by atoms with E-state index in [0.717, 1.165) is 16.7 Å². The number of hydrogen-bond acceptors (Lipinski definition) is 4. The molecule has 2 aliphatic heterocycles. The lowest BCUT2D eigenvalue weighted by molar-refractivity contribution is -0.0537. The molecule has 0 saturated carbocycles. The molecule has 5 nitrogen and oxygen atoms in total. The number of benzene rings is 2. The summed E-state index contributed by atoms with van der Waals surface area (Å²) >= 11 is 6.27. The van der Waals surface area contributed by atoms with Crippen LogP contribution in [0.25, 0.3) is 0 Å². The topological polar surface area (TPSA) is 51.1 Å². The van der Waals surface area contributed by atoms with Crippen LogP contribution in [0.15, 0.2) is 41.6 Å². The first kappa shape index (κ1) is 24.5. The fourth-order valence-electron chi connectivity index (χ4n) is 4.30. The molecule has 1 saturated heterocycles. The average molecular weight is 491 g/mol. The number of amides is 1. The molecule has 2 aliphatic rings. The summed E-state index contributed by atoms with van der Waals surface area (Å²) in [5.74, 6) is 0. The van der Waals surface area contributed by atoms with Gasteiger partial charge in [-0.2, -0.15) is 0 Å². The first-order valence-corrected chi connectivity index (χ1v) is 11.6. The van der Waals surface area contributed by atoms with Crippen molar-refractivity contribution in [1.82, 2.24) is 4.90 Å². The number of hydrogen-bond donors (Lipinski definition) is 0. The molecule has 1 fully saturated rings. The lowest BCUT2D eigenvalue weighted by atomic mass is 9.85. The number of ether oxygens (including phenoxy) is 1. The Morgan fingerprint density at radius 2 is 1.74 bits per heavy atom. The maximum Gasteiger partial charge on any atom is 0.410 e. The Bertz CT molecular complexity index is 1110. The van der Waals surface area contributed by atoms with Crippen molar-refractivity contribution < 1.29 is 23.1 Å². The molecule has 0 bridgehead atoms. The molecular formula is C26H29ClF2N2O3. The number of halogens is 3. The average Bonchev–Trinajstić information content (AvgIpc) is 3.20. The highest BCUT2D eigenvalue weighted by Crippen LogP contribution is 2.40. The highest BCUT2D eigenvalue weighted by Gasteiger charge is 2.48. The SMILES string of the molecule is Cc1cc(C2(CF)CC(c3ccc(C4(F)CN(C(=O)OC(C)(C)C)C4)cc3)=NO2)cc(C)c1Cl. The highest BCUT2D eigenvalue weighted by molar-refractivity contribution is 6.32. The Kier molecular flexibility index (Phi) is 6.13. The summed E-state index contributed by atoms with van der Waals surface area (Å²) in [4.78, 5) is 19.1. The molecule has 2 heterocycles. The molecule has 2 aromatic carbocycles. The van der Waals surface area contributed by atoms with Gasteiger partial charge in [-0.15, -0.1) is 0 Å². The Morgan fingerprint density at radius 1 is 1.15 bits per heavy atom. The number of aryl methyl sites for hydroxylation is 2. The van der Waals surface area contributed by atoms with Gasteiger partial charge >= 0.3 is 6.09 Å². The molecule has 1 atom stereocenters. The van der Waals surface area contributed by atoms with Gasteiger partial charge in [0.1, 0.15) is 12.3 Å². The van der Waals surface area contributed by atoms with Gasteiger partial charge in [0.25, 0.3) is 0 Å². The van der Waals surface area contributed by atoms with Crippen LogP contribution in [-0.4, -0.2) is 42.1 Å². The monoisotopic (exact) mass is 490 g/mol. The molecule has 0 aromatic heterocycles. The summed E-state index contributed by atoms with van der Waals surface area (Å²) in [6, 6.07) is 10.5. The van der Waals surface area contributed by atoms with Crippen LogP contribution in [0, 0.1) is 13.8 Å². The first-order chi connectivity index (χ1) is 15.9. The molecular weight excluding hydrogens is 462 g/mol. The van der Waals surface area contributed by atoms with Crippen LogP contribution in [0.5, 0.6) is 0 Å². The molecule has 0 aliphatic carbocycles. The van der Waals surface area contributed by atoms with E-state index in [9.17, 15) is 9.18 Å². The third-order valence-corrected chi connectivity index (χ3v) is 6.83. The number of rotatable bonds is 4. The van der Waals surface area contributed by atoms with E-state index >= 15 is 4.39 Å². The lowest BCUT2D eigenvalue weighted by Crippen LogP contribution is -2.59. The Morgan fingerprint density at radius 3 is 2.26 bits per heavy atom. The second-order valence-corrected chi connectivity index (χ2v) is 10.6. The summed E-state index contributed by atoms with van der Waals surface area (Å²) in [5, 5.41) is 4.81. The maximum atomic E-state index is 15.3. The summed E-state index contributed by atoms with van der Waals surface area (Å²) < 4.78 is 34.9. The van der Waals surface area contributed by atoms with E-state index in [1.54, 1.807) is 45.0 Å². The van der Waals surface area contributed by atoms with E-state index in [1.807, 2.05) is 26.0 Å². The van der Waals surface area contributed by atoms with Crippen molar-refractivity contribution in [1.29, 1.82) is 0 Å². The molecule has 1 unspecified atom stereocenters. The second kappa shape index (κ2) is 8.52. The maximum absolute atomic E-state index is 15.3. The third-order valence-electron chi connectivity index (χ3n) is 6.23. The van der Waals surface area contributed by atoms with Gasteiger partial charge in [-0.25, -0.2) is 13.6 Å². The van der Waals surface area contributed by atoms with Gasteiger partial charge in [0.05, 0.1) is 18.8 Å². The van der Waals surface area contributed by atoms with Crippen LogP contribution < -0.4 is 0 Å². The van der Waals surface area contributed by atoms with Gasteiger partial charge in [0.2, 0.25) is 0 Å². The minimum atomic E-state index is -1.63. The van der Waals surface area contributed by atoms with Gasteiger partial charge in [-0.05, 0) is 56.9 Å². The van der Waals surface area contributed by atoms with Crippen molar-refractivity contribution in [3.63, 3.8) is 0 Å². The highest BCUT2D eigenvalue weighted by atomic mass is 35.5. The molecule has 0 N–H and O–H groups in total.